The van der Waals surface area contributed by atoms with Crippen molar-refractivity contribution < 1.29 is 0 Å². The molecule has 1 aliphatic rings. The maximum Gasteiger partial charge on any atom is 0.212 e. The molecule has 0 fully saturated rings. The molecule has 3 heterocycles. The first-order valence-electron chi connectivity index (χ1n) is 5.40. The fourth-order valence-electron chi connectivity index (χ4n) is 2.06. The first kappa shape index (κ1) is 9.30. The van der Waals surface area contributed by atoms with Gasteiger partial charge in [-0.1, -0.05) is 18.3 Å². The lowest BCUT2D eigenvalue weighted by molar-refractivity contribution is 0.536. The van der Waals surface area contributed by atoms with Crippen LogP contribution in [0, 0.1) is 0 Å². The van der Waals surface area contributed by atoms with Gasteiger partial charge in [-0.3, -0.25) is 0 Å². The van der Waals surface area contributed by atoms with Gasteiger partial charge in [-0.05, 0) is 6.92 Å². The molecular formula is C10H14N4S. The van der Waals surface area contributed by atoms with Crippen molar-refractivity contribution in [2.24, 2.45) is 0 Å². The minimum atomic E-state index is 0.451. The highest BCUT2D eigenvalue weighted by Crippen LogP contribution is 2.30. The Bertz CT molecular complexity index is 499. The van der Waals surface area contributed by atoms with Crippen LogP contribution in [0.2, 0.25) is 0 Å². The van der Waals surface area contributed by atoms with Crippen LogP contribution in [0.5, 0.6) is 0 Å². The van der Waals surface area contributed by atoms with Crippen molar-refractivity contribution in [3.63, 3.8) is 0 Å². The van der Waals surface area contributed by atoms with E-state index in [9.17, 15) is 0 Å². The minimum absolute atomic E-state index is 0.451. The number of hydrogen-bond acceptors (Lipinski definition) is 4. The summed E-state index contributed by atoms with van der Waals surface area (Å²) in [5.41, 5.74) is 1.36. The van der Waals surface area contributed by atoms with Gasteiger partial charge in [-0.15, -0.1) is 0 Å². The molecule has 0 radical (unpaired) electrons. The number of rotatable bonds is 1. The molecule has 0 spiro atoms. The van der Waals surface area contributed by atoms with Gasteiger partial charge in [-0.25, -0.2) is 9.50 Å². The van der Waals surface area contributed by atoms with Crippen molar-refractivity contribution in [3.8, 4) is 0 Å². The van der Waals surface area contributed by atoms with Gasteiger partial charge in [0.25, 0.3) is 0 Å². The minimum Gasteiger partial charge on any atom is -0.309 e. The highest BCUT2D eigenvalue weighted by Gasteiger charge is 2.23. The third kappa shape index (κ3) is 1.30. The van der Waals surface area contributed by atoms with E-state index in [1.54, 1.807) is 11.3 Å². The summed E-state index contributed by atoms with van der Waals surface area (Å²) in [5.74, 6) is 0.954. The second-order valence-corrected chi connectivity index (χ2v) is 4.92. The van der Waals surface area contributed by atoms with Gasteiger partial charge in [0.15, 0.2) is 5.82 Å². The van der Waals surface area contributed by atoms with Gasteiger partial charge in [-0.2, -0.15) is 5.10 Å². The SMILES string of the molecule is CCc1nc2sc3c(n2n1)CCNC3C. The summed E-state index contributed by atoms with van der Waals surface area (Å²) in [5, 5.41) is 7.99. The van der Waals surface area contributed by atoms with Gasteiger partial charge in [0, 0.05) is 30.3 Å². The van der Waals surface area contributed by atoms with E-state index < -0.39 is 0 Å². The predicted molar refractivity (Wildman–Crippen MR) is 60.4 cm³/mol. The van der Waals surface area contributed by atoms with Crippen LogP contribution in [0.4, 0.5) is 0 Å². The molecule has 1 unspecified atom stereocenters. The Labute approximate surface area is 92.3 Å². The molecule has 80 valence electrons. The van der Waals surface area contributed by atoms with Crippen LogP contribution < -0.4 is 5.32 Å². The second-order valence-electron chi connectivity index (χ2n) is 3.91. The topological polar surface area (TPSA) is 42.2 Å². The van der Waals surface area contributed by atoms with E-state index in [0.717, 1.165) is 30.2 Å². The molecule has 15 heavy (non-hydrogen) atoms. The van der Waals surface area contributed by atoms with Gasteiger partial charge in [0.2, 0.25) is 4.96 Å². The van der Waals surface area contributed by atoms with E-state index in [1.165, 1.54) is 10.6 Å². The van der Waals surface area contributed by atoms with E-state index in [0.29, 0.717) is 6.04 Å². The van der Waals surface area contributed by atoms with Crippen LogP contribution in [0.3, 0.4) is 0 Å². The molecule has 0 saturated carbocycles. The Hall–Kier alpha value is -0.940. The number of aryl methyl sites for hydroxylation is 1. The van der Waals surface area contributed by atoms with Crippen LogP contribution in [0.15, 0.2) is 0 Å². The number of nitrogens with one attached hydrogen (secondary N) is 1. The molecule has 2 aromatic rings. The van der Waals surface area contributed by atoms with Crippen molar-refractivity contribution in [3.05, 3.63) is 16.4 Å². The van der Waals surface area contributed by atoms with E-state index in [2.05, 4.69) is 29.2 Å². The Morgan fingerprint density at radius 2 is 2.47 bits per heavy atom. The third-order valence-corrected chi connectivity index (χ3v) is 4.14. The van der Waals surface area contributed by atoms with E-state index in [1.807, 2.05) is 4.52 Å². The molecule has 0 bridgehead atoms. The monoisotopic (exact) mass is 222 g/mol. The van der Waals surface area contributed by atoms with Crippen molar-refractivity contribution in [1.82, 2.24) is 19.9 Å². The highest BCUT2D eigenvalue weighted by molar-refractivity contribution is 7.17. The van der Waals surface area contributed by atoms with E-state index in [4.69, 9.17) is 0 Å². The Kier molecular flexibility index (Phi) is 2.03. The van der Waals surface area contributed by atoms with Gasteiger partial charge in [0.1, 0.15) is 0 Å². The zero-order valence-electron chi connectivity index (χ0n) is 8.95. The van der Waals surface area contributed by atoms with Gasteiger partial charge in [0.05, 0.1) is 5.69 Å². The van der Waals surface area contributed by atoms with Crippen LogP contribution >= 0.6 is 11.3 Å². The molecule has 1 aliphatic heterocycles. The van der Waals surface area contributed by atoms with Crippen LogP contribution in [0.1, 0.15) is 36.3 Å². The van der Waals surface area contributed by atoms with Crippen LogP contribution in [-0.2, 0) is 12.8 Å². The molecule has 0 aliphatic carbocycles. The number of nitrogens with zero attached hydrogens (tertiary/aromatic N) is 3. The van der Waals surface area contributed by atoms with E-state index in [-0.39, 0.29) is 0 Å². The van der Waals surface area contributed by atoms with Crippen molar-refractivity contribution in [2.75, 3.05) is 6.54 Å². The average molecular weight is 222 g/mol. The Morgan fingerprint density at radius 1 is 1.60 bits per heavy atom. The first-order valence-corrected chi connectivity index (χ1v) is 6.22. The molecule has 3 rings (SSSR count). The summed E-state index contributed by atoms with van der Waals surface area (Å²) >= 11 is 1.77. The third-order valence-electron chi connectivity index (χ3n) is 2.88. The lowest BCUT2D eigenvalue weighted by Gasteiger charge is -2.19. The second kappa shape index (κ2) is 3.28. The summed E-state index contributed by atoms with van der Waals surface area (Å²) < 4.78 is 2.04. The van der Waals surface area contributed by atoms with Crippen molar-refractivity contribution in [1.29, 1.82) is 0 Å². The lowest BCUT2D eigenvalue weighted by Crippen LogP contribution is -2.27. The lowest BCUT2D eigenvalue weighted by atomic mass is 10.1. The molecule has 2 aromatic heterocycles. The quantitative estimate of drug-likeness (QED) is 0.796. The summed E-state index contributed by atoms with van der Waals surface area (Å²) in [6, 6.07) is 0.451. The van der Waals surface area contributed by atoms with Gasteiger partial charge >= 0.3 is 0 Å². The largest absolute Gasteiger partial charge is 0.309 e. The fourth-order valence-corrected chi connectivity index (χ4v) is 3.21. The zero-order chi connectivity index (χ0) is 10.4. The number of aromatic nitrogens is 3. The number of fused-ring (bicyclic) bond motifs is 3. The molecular weight excluding hydrogens is 208 g/mol. The molecule has 1 atom stereocenters. The average Bonchev–Trinajstić information content (AvgIpc) is 2.76. The van der Waals surface area contributed by atoms with Crippen LogP contribution in [-0.4, -0.2) is 21.1 Å². The van der Waals surface area contributed by atoms with E-state index >= 15 is 0 Å². The maximum absolute atomic E-state index is 4.53. The Balaban J connectivity index is 2.21. The molecule has 5 heteroatoms. The highest BCUT2D eigenvalue weighted by atomic mass is 32.1. The summed E-state index contributed by atoms with van der Waals surface area (Å²) in [6.45, 7) is 5.34. The summed E-state index contributed by atoms with van der Waals surface area (Å²) in [7, 11) is 0. The molecule has 4 nitrogen and oxygen atoms in total. The van der Waals surface area contributed by atoms with Crippen LogP contribution in [0.25, 0.3) is 4.96 Å². The normalized spacial score (nSPS) is 20.8. The fraction of sp³-hybridized carbons (Fsp3) is 0.600. The Morgan fingerprint density at radius 3 is 3.27 bits per heavy atom. The number of hydrogen-bond donors (Lipinski definition) is 1. The standard InChI is InChI=1S/C10H14N4S/c1-3-8-12-10-14(13-8)7-4-5-11-6(2)9(7)15-10/h6,11H,3-5H2,1-2H3. The molecule has 0 saturated heterocycles. The van der Waals surface area contributed by atoms with Crippen molar-refractivity contribution >= 4 is 16.3 Å². The van der Waals surface area contributed by atoms with Gasteiger partial charge < -0.3 is 5.32 Å². The first-order chi connectivity index (χ1) is 7.29. The predicted octanol–water partition coefficient (Wildman–Crippen LogP) is 1.56. The molecule has 1 N–H and O–H groups in total. The zero-order valence-corrected chi connectivity index (χ0v) is 9.77. The molecule has 0 aromatic carbocycles. The molecule has 0 amide bonds. The summed E-state index contributed by atoms with van der Waals surface area (Å²) in [6.07, 6.45) is 1.98. The number of thiazole rings is 1. The smallest absolute Gasteiger partial charge is 0.212 e. The van der Waals surface area contributed by atoms with Crippen molar-refractivity contribution in [2.45, 2.75) is 32.7 Å². The summed E-state index contributed by atoms with van der Waals surface area (Å²) in [4.78, 5) is 6.96. The maximum atomic E-state index is 4.53.